The number of amides is 1. The summed E-state index contributed by atoms with van der Waals surface area (Å²) in [5.41, 5.74) is 2.22. The topological polar surface area (TPSA) is 45.2 Å². The molecule has 2 aliphatic rings. The van der Waals surface area contributed by atoms with E-state index >= 15 is 0 Å². The van der Waals surface area contributed by atoms with Gasteiger partial charge in [0, 0.05) is 42.6 Å². The van der Waals surface area contributed by atoms with Gasteiger partial charge in [-0.2, -0.15) is 0 Å². The highest BCUT2D eigenvalue weighted by Crippen LogP contribution is 2.37. The van der Waals surface area contributed by atoms with Gasteiger partial charge in [0.25, 0.3) is 0 Å². The molecule has 4 heteroatoms. The van der Waals surface area contributed by atoms with Crippen LogP contribution in [0.1, 0.15) is 32.9 Å². The van der Waals surface area contributed by atoms with E-state index in [2.05, 4.69) is 31.1 Å². The Morgan fingerprint density at radius 2 is 2.05 bits per heavy atom. The van der Waals surface area contributed by atoms with Crippen molar-refractivity contribution in [1.82, 2.24) is 10.3 Å². The number of hydrogen-bond acceptors (Lipinski definition) is 3. The first kappa shape index (κ1) is 12.6. The molecule has 4 nitrogen and oxygen atoms in total. The molecule has 0 aromatic carbocycles. The molecule has 0 aliphatic carbocycles. The van der Waals surface area contributed by atoms with E-state index in [4.69, 9.17) is 0 Å². The molecule has 102 valence electrons. The average Bonchev–Trinajstić information content (AvgIpc) is 2.66. The molecule has 1 amide bonds. The van der Waals surface area contributed by atoms with Crippen molar-refractivity contribution in [1.29, 1.82) is 0 Å². The Morgan fingerprint density at radius 1 is 1.32 bits per heavy atom. The minimum Gasteiger partial charge on any atom is -0.315 e. The van der Waals surface area contributed by atoms with E-state index in [1.165, 1.54) is 0 Å². The van der Waals surface area contributed by atoms with E-state index in [1.807, 2.05) is 23.2 Å². The van der Waals surface area contributed by atoms with Gasteiger partial charge in [-0.3, -0.25) is 9.78 Å². The molecule has 2 aliphatic heterocycles. The summed E-state index contributed by atoms with van der Waals surface area (Å²) in [5, 5.41) is 3.27. The summed E-state index contributed by atoms with van der Waals surface area (Å²) in [4.78, 5) is 18.5. The maximum absolute atomic E-state index is 12.1. The number of nitrogens with zero attached hydrogens (tertiary/aromatic N) is 2. The number of nitrogens with one attached hydrogen (secondary N) is 1. The third-order valence-electron chi connectivity index (χ3n) is 4.15. The van der Waals surface area contributed by atoms with Gasteiger partial charge in [0.1, 0.15) is 0 Å². The Balaban J connectivity index is 1.81. The second-order valence-corrected chi connectivity index (χ2v) is 6.91. The van der Waals surface area contributed by atoms with Crippen LogP contribution >= 0.6 is 0 Å². The maximum atomic E-state index is 12.1. The van der Waals surface area contributed by atoms with Crippen LogP contribution in [0, 0.1) is 5.41 Å². The van der Waals surface area contributed by atoms with Crippen molar-refractivity contribution in [3.63, 3.8) is 0 Å². The molecule has 3 heterocycles. The number of aromatic nitrogens is 1. The van der Waals surface area contributed by atoms with Gasteiger partial charge in [-0.15, -0.1) is 0 Å². The first-order valence-corrected chi connectivity index (χ1v) is 6.87. The van der Waals surface area contributed by atoms with Crippen molar-refractivity contribution in [2.24, 2.45) is 5.41 Å². The summed E-state index contributed by atoms with van der Waals surface area (Å²) in [6.45, 7) is 9.18. The number of rotatable bonds is 1. The van der Waals surface area contributed by atoms with Crippen molar-refractivity contribution in [2.45, 2.75) is 32.6 Å². The van der Waals surface area contributed by atoms with Crippen LogP contribution in [-0.2, 0) is 10.2 Å². The Bertz CT molecular complexity index is 497. The van der Waals surface area contributed by atoms with Crippen molar-refractivity contribution < 1.29 is 4.79 Å². The fourth-order valence-electron chi connectivity index (χ4n) is 2.84. The molecular weight excluding hydrogens is 238 g/mol. The third-order valence-corrected chi connectivity index (χ3v) is 4.15. The Hall–Kier alpha value is -1.42. The zero-order chi connectivity index (χ0) is 13.7. The predicted molar refractivity (Wildman–Crippen MR) is 75.2 cm³/mol. The Morgan fingerprint density at radius 3 is 2.47 bits per heavy atom. The molecule has 0 bridgehead atoms. The van der Waals surface area contributed by atoms with E-state index in [-0.39, 0.29) is 16.7 Å². The van der Waals surface area contributed by atoms with Gasteiger partial charge in [-0.05, 0) is 12.1 Å². The van der Waals surface area contributed by atoms with E-state index in [0.29, 0.717) is 6.42 Å². The number of pyridine rings is 1. The lowest BCUT2D eigenvalue weighted by atomic mass is 9.81. The van der Waals surface area contributed by atoms with Crippen molar-refractivity contribution in [3.8, 4) is 0 Å². The molecule has 0 radical (unpaired) electrons. The molecule has 1 N–H and O–H groups in total. The van der Waals surface area contributed by atoms with E-state index in [1.54, 1.807) is 0 Å². The average molecular weight is 259 g/mol. The van der Waals surface area contributed by atoms with Crippen LogP contribution in [0.4, 0.5) is 5.69 Å². The normalized spacial score (nSPS) is 21.8. The summed E-state index contributed by atoms with van der Waals surface area (Å²) in [7, 11) is 0. The minimum atomic E-state index is 0.0483. The maximum Gasteiger partial charge on any atom is 0.227 e. The molecule has 1 aromatic heterocycles. The highest BCUT2D eigenvalue weighted by molar-refractivity contribution is 5.96. The molecule has 0 saturated carbocycles. The van der Waals surface area contributed by atoms with E-state index < -0.39 is 0 Å². The van der Waals surface area contributed by atoms with Gasteiger partial charge in [0.15, 0.2) is 0 Å². The highest BCUT2D eigenvalue weighted by Gasteiger charge is 2.47. The van der Waals surface area contributed by atoms with Crippen molar-refractivity contribution in [3.05, 3.63) is 24.0 Å². The van der Waals surface area contributed by atoms with Crippen LogP contribution in [0.5, 0.6) is 0 Å². The molecular formula is C15H21N3O. The SMILES string of the molecule is CC(C)(C)c1ccc(N2CC3(CNC3)CC2=O)cn1. The first-order valence-electron chi connectivity index (χ1n) is 6.87. The van der Waals surface area contributed by atoms with Crippen LogP contribution < -0.4 is 10.2 Å². The van der Waals surface area contributed by atoms with Gasteiger partial charge < -0.3 is 10.2 Å². The molecule has 3 rings (SSSR count). The fourth-order valence-corrected chi connectivity index (χ4v) is 2.84. The van der Waals surface area contributed by atoms with Crippen molar-refractivity contribution >= 4 is 11.6 Å². The Labute approximate surface area is 114 Å². The van der Waals surface area contributed by atoms with Crippen LogP contribution in [-0.4, -0.2) is 30.5 Å². The molecule has 2 fully saturated rings. The van der Waals surface area contributed by atoms with Crippen LogP contribution in [0.3, 0.4) is 0 Å². The number of carbonyl (C=O) groups excluding carboxylic acids is 1. The fraction of sp³-hybridized carbons (Fsp3) is 0.600. The quantitative estimate of drug-likeness (QED) is 0.835. The minimum absolute atomic E-state index is 0.0483. The van der Waals surface area contributed by atoms with Crippen LogP contribution in [0.25, 0.3) is 0 Å². The Kier molecular flexibility index (Phi) is 2.68. The summed E-state index contributed by atoms with van der Waals surface area (Å²) < 4.78 is 0. The lowest BCUT2D eigenvalue weighted by molar-refractivity contribution is -0.118. The summed E-state index contributed by atoms with van der Waals surface area (Å²) in [6.07, 6.45) is 2.50. The summed E-state index contributed by atoms with van der Waals surface area (Å²) in [6, 6.07) is 4.06. The summed E-state index contributed by atoms with van der Waals surface area (Å²) >= 11 is 0. The summed E-state index contributed by atoms with van der Waals surface area (Å²) in [5.74, 6) is 0.229. The predicted octanol–water partition coefficient (Wildman–Crippen LogP) is 1.71. The number of carbonyl (C=O) groups is 1. The molecule has 2 saturated heterocycles. The van der Waals surface area contributed by atoms with E-state index in [9.17, 15) is 4.79 Å². The zero-order valence-electron chi connectivity index (χ0n) is 11.9. The molecule has 19 heavy (non-hydrogen) atoms. The number of anilines is 1. The van der Waals surface area contributed by atoms with Gasteiger partial charge in [-0.1, -0.05) is 20.8 Å². The van der Waals surface area contributed by atoms with E-state index in [0.717, 1.165) is 31.0 Å². The third kappa shape index (κ3) is 2.14. The zero-order valence-corrected chi connectivity index (χ0v) is 11.9. The monoisotopic (exact) mass is 259 g/mol. The highest BCUT2D eigenvalue weighted by atomic mass is 16.2. The van der Waals surface area contributed by atoms with Crippen LogP contribution in [0.15, 0.2) is 18.3 Å². The molecule has 1 spiro atoms. The largest absolute Gasteiger partial charge is 0.315 e. The van der Waals surface area contributed by atoms with Crippen molar-refractivity contribution in [2.75, 3.05) is 24.5 Å². The van der Waals surface area contributed by atoms with Gasteiger partial charge in [-0.25, -0.2) is 0 Å². The van der Waals surface area contributed by atoms with Gasteiger partial charge in [0.2, 0.25) is 5.91 Å². The smallest absolute Gasteiger partial charge is 0.227 e. The second-order valence-electron chi connectivity index (χ2n) is 6.91. The second kappa shape index (κ2) is 4.04. The molecule has 1 aromatic rings. The molecule has 0 unspecified atom stereocenters. The van der Waals surface area contributed by atoms with Crippen LogP contribution in [0.2, 0.25) is 0 Å². The first-order chi connectivity index (χ1) is 8.90. The lowest BCUT2D eigenvalue weighted by Crippen LogP contribution is -2.54. The number of hydrogen-bond donors (Lipinski definition) is 1. The van der Waals surface area contributed by atoms with Gasteiger partial charge in [0.05, 0.1) is 11.9 Å². The lowest BCUT2D eigenvalue weighted by Gasteiger charge is -2.38. The molecule has 0 atom stereocenters. The van der Waals surface area contributed by atoms with Gasteiger partial charge >= 0.3 is 0 Å². The standard InChI is InChI=1S/C15H21N3O/c1-14(2,3)12-5-4-11(7-17-12)18-10-15(6-13(18)19)8-16-9-15/h4-5,7,16H,6,8-10H2,1-3H3.